The number of nitrogens with zero attached hydrogens (tertiary/aromatic N) is 2. The van der Waals surface area contributed by atoms with E-state index in [0.29, 0.717) is 83.4 Å². The van der Waals surface area contributed by atoms with Gasteiger partial charge in [0.05, 0.1) is 102 Å². The summed E-state index contributed by atoms with van der Waals surface area (Å²) in [5.74, 6) is 1.44. The number of aliphatic hydroxyl groups is 2. The van der Waals surface area contributed by atoms with Crippen molar-refractivity contribution in [2.45, 2.75) is 51.5 Å². The van der Waals surface area contributed by atoms with E-state index in [9.17, 15) is 19.8 Å². The molecule has 0 bridgehead atoms. The minimum Gasteiger partial charge on any atom is -0.493 e. The predicted octanol–water partition coefficient (Wildman–Crippen LogP) is 5.04. The third-order valence-corrected chi connectivity index (χ3v) is 12.1. The smallest absolute Gasteiger partial charge is 0.350 e. The van der Waals surface area contributed by atoms with E-state index in [1.807, 2.05) is 42.5 Å². The number of morpholine rings is 1. The first-order valence-corrected chi connectivity index (χ1v) is 20.7. The lowest BCUT2D eigenvalue weighted by Crippen LogP contribution is -2.55. The summed E-state index contributed by atoms with van der Waals surface area (Å²) in [6.45, 7) is 5.82. The van der Waals surface area contributed by atoms with Crippen molar-refractivity contribution < 1.29 is 66.7 Å². The summed E-state index contributed by atoms with van der Waals surface area (Å²) in [4.78, 5) is 25.6. The molecule has 2 N–H and O–H groups in total. The third-order valence-electron chi connectivity index (χ3n) is 11.9. The van der Waals surface area contributed by atoms with E-state index < -0.39 is 11.9 Å². The van der Waals surface area contributed by atoms with Crippen molar-refractivity contribution in [3.8, 4) is 28.7 Å². The molecule has 14 nitrogen and oxygen atoms in total. The highest BCUT2D eigenvalue weighted by Gasteiger charge is 2.40. The zero-order chi connectivity index (χ0) is 43.3. The van der Waals surface area contributed by atoms with E-state index in [1.54, 1.807) is 35.5 Å². The number of esters is 2. The fourth-order valence-electron chi connectivity index (χ4n) is 8.52. The summed E-state index contributed by atoms with van der Waals surface area (Å²) >= 11 is 6.25. The van der Waals surface area contributed by atoms with E-state index in [2.05, 4.69) is 7.05 Å². The maximum absolute atomic E-state index is 12.9. The number of hydrogen-bond acceptors (Lipinski definition) is 12. The van der Waals surface area contributed by atoms with Gasteiger partial charge in [0.25, 0.3) is 0 Å². The predicted molar refractivity (Wildman–Crippen MR) is 224 cm³/mol. The Morgan fingerprint density at radius 3 is 2.02 bits per heavy atom. The molecule has 328 valence electrons. The second-order valence-corrected chi connectivity index (χ2v) is 15.9. The summed E-state index contributed by atoms with van der Waals surface area (Å²) in [6, 6.07) is 13.8. The fraction of sp³-hybridized carbons (Fsp3) is 0.511. The van der Waals surface area contributed by atoms with Crippen molar-refractivity contribution in [2.75, 3.05) is 102 Å². The van der Waals surface area contributed by atoms with Crippen LogP contribution in [0, 0.1) is 0 Å². The molecule has 0 amide bonds. The zero-order valence-corrected chi connectivity index (χ0v) is 36.5. The topological polar surface area (TPSA) is 148 Å². The highest BCUT2D eigenvalue weighted by Crippen LogP contribution is 2.43. The first-order chi connectivity index (χ1) is 28.9. The van der Waals surface area contributed by atoms with E-state index in [4.69, 9.17) is 49.5 Å². The molecule has 0 spiro atoms. The summed E-state index contributed by atoms with van der Waals surface area (Å²) in [6.07, 6.45) is 3.47. The van der Waals surface area contributed by atoms with Crippen LogP contribution in [0.1, 0.15) is 52.3 Å². The van der Waals surface area contributed by atoms with E-state index in [0.717, 1.165) is 72.0 Å². The van der Waals surface area contributed by atoms with Gasteiger partial charge >= 0.3 is 11.9 Å². The minimum atomic E-state index is -0.800. The SMILES string of the molecule is COc1ccc(C[N+]2(CCCOC(=O)/C=C(\Cl)C(=O)OCCC[N@+]3(C)CCc4cc(CO)c(CO)cc4[C@H]3Cc3cc(OC)c(OC)c(OC)c3)CCOCC2)cc1OC. The lowest BCUT2D eigenvalue weighted by molar-refractivity contribution is -0.947. The first-order valence-electron chi connectivity index (χ1n) is 20.3. The van der Waals surface area contributed by atoms with Crippen LogP contribution in [0.15, 0.2) is 53.6 Å². The Morgan fingerprint density at radius 1 is 0.767 bits per heavy atom. The Kier molecular flexibility index (Phi) is 16.9. The Balaban J connectivity index is 1.17. The van der Waals surface area contributed by atoms with Crippen molar-refractivity contribution in [1.29, 1.82) is 0 Å². The van der Waals surface area contributed by atoms with Crippen LogP contribution in [-0.2, 0) is 56.4 Å². The monoisotopic (exact) mass is 856 g/mol. The van der Waals surface area contributed by atoms with Crippen LogP contribution >= 0.6 is 11.6 Å². The molecule has 3 aromatic rings. The van der Waals surface area contributed by atoms with Crippen molar-refractivity contribution in [3.05, 3.63) is 87.0 Å². The number of carbonyl (C=O) groups excluding carboxylic acids is 2. The van der Waals surface area contributed by atoms with Crippen LogP contribution < -0.4 is 23.7 Å². The van der Waals surface area contributed by atoms with Gasteiger partial charge in [-0.25, -0.2) is 9.59 Å². The molecule has 1 saturated heterocycles. The molecule has 60 heavy (non-hydrogen) atoms. The largest absolute Gasteiger partial charge is 0.493 e. The Bertz CT molecular complexity index is 1940. The summed E-state index contributed by atoms with van der Waals surface area (Å²) in [7, 11) is 10.1. The van der Waals surface area contributed by atoms with Gasteiger partial charge in [-0.05, 0) is 58.7 Å². The van der Waals surface area contributed by atoms with Crippen molar-refractivity contribution >= 4 is 23.5 Å². The molecule has 5 rings (SSSR count). The van der Waals surface area contributed by atoms with E-state index >= 15 is 0 Å². The van der Waals surface area contributed by atoms with Gasteiger partial charge in [0.1, 0.15) is 30.7 Å². The summed E-state index contributed by atoms with van der Waals surface area (Å²) < 4.78 is 45.8. The minimum absolute atomic E-state index is 0.0605. The maximum Gasteiger partial charge on any atom is 0.350 e. The standard InChI is InChI=1S/C45H61ClN2O12/c1-47(14-11-33-25-34(29-49)35(30-50)26-36(33)38(47)21-32-23-41(55-4)44(57-6)42(24-32)56-5)12-7-18-60-45(52)37(46)27-43(51)59-17-8-13-48(15-19-58-20-16-48)28-31-9-10-39(53-2)40(22-31)54-3/h9-10,22-27,38,49-50H,7-8,11-21,28-30H2,1-6H3/q+2/b37-27-/t38-,47-/m1/s1. The number of quaternary nitrogens is 2. The molecule has 2 aliphatic heterocycles. The molecule has 0 aliphatic carbocycles. The number of halogens is 1. The third kappa shape index (κ3) is 11.4. The molecular formula is C45H61ClN2O12+2. The van der Waals surface area contributed by atoms with E-state index in [1.165, 1.54) is 0 Å². The summed E-state index contributed by atoms with van der Waals surface area (Å²) in [5.41, 5.74) is 5.68. The van der Waals surface area contributed by atoms with Crippen molar-refractivity contribution in [1.82, 2.24) is 0 Å². The number of benzene rings is 3. The number of hydrogen-bond donors (Lipinski definition) is 2. The number of likely N-dealkylation sites (N-methyl/N-ethyl adjacent to an activating group) is 1. The van der Waals surface area contributed by atoms with Crippen molar-refractivity contribution in [3.63, 3.8) is 0 Å². The second-order valence-electron chi connectivity index (χ2n) is 15.5. The molecule has 0 aromatic heterocycles. The van der Waals surface area contributed by atoms with Crippen molar-refractivity contribution in [2.24, 2.45) is 0 Å². The Morgan fingerprint density at radius 2 is 1.38 bits per heavy atom. The molecule has 0 unspecified atom stereocenters. The lowest BCUT2D eigenvalue weighted by atomic mass is 9.84. The molecule has 2 atom stereocenters. The van der Waals surface area contributed by atoms with Crippen LogP contribution in [0.25, 0.3) is 0 Å². The van der Waals surface area contributed by atoms with Gasteiger partial charge in [-0.1, -0.05) is 17.7 Å². The van der Waals surface area contributed by atoms with Gasteiger partial charge < -0.3 is 57.1 Å². The quantitative estimate of drug-likeness (QED) is 0.0641. The zero-order valence-electron chi connectivity index (χ0n) is 35.8. The fourth-order valence-corrected chi connectivity index (χ4v) is 8.66. The average molecular weight is 857 g/mol. The van der Waals surface area contributed by atoms with Gasteiger partial charge in [-0.3, -0.25) is 0 Å². The number of fused-ring (bicyclic) bond motifs is 1. The highest BCUT2D eigenvalue weighted by atomic mass is 35.5. The molecule has 3 aromatic carbocycles. The summed E-state index contributed by atoms with van der Waals surface area (Å²) in [5, 5.41) is 19.9. The Labute approximate surface area is 358 Å². The number of aliphatic hydroxyl groups excluding tert-OH is 2. The Hall–Kier alpha value is -4.57. The normalized spacial score (nSPS) is 18.6. The van der Waals surface area contributed by atoms with Gasteiger partial charge in [0.2, 0.25) is 5.75 Å². The van der Waals surface area contributed by atoms with Gasteiger partial charge in [-0.15, -0.1) is 0 Å². The van der Waals surface area contributed by atoms with Gasteiger partial charge in [-0.2, -0.15) is 0 Å². The molecular weight excluding hydrogens is 796 g/mol. The van der Waals surface area contributed by atoms with Gasteiger partial charge in [0.15, 0.2) is 23.0 Å². The van der Waals surface area contributed by atoms with E-state index in [-0.39, 0.29) is 37.5 Å². The van der Waals surface area contributed by atoms with Crippen LogP contribution in [0.2, 0.25) is 0 Å². The molecule has 2 heterocycles. The number of rotatable bonds is 21. The molecule has 1 fully saturated rings. The molecule has 0 saturated carbocycles. The first kappa shape index (κ1) is 46.5. The highest BCUT2D eigenvalue weighted by molar-refractivity contribution is 6.42. The van der Waals surface area contributed by atoms with Crippen LogP contribution in [-0.4, -0.2) is 133 Å². The maximum atomic E-state index is 12.9. The molecule has 15 heteroatoms. The second kappa shape index (κ2) is 21.8. The average Bonchev–Trinajstić information content (AvgIpc) is 3.26. The van der Waals surface area contributed by atoms with Crippen LogP contribution in [0.4, 0.5) is 0 Å². The van der Waals surface area contributed by atoms with Crippen LogP contribution in [0.5, 0.6) is 28.7 Å². The van der Waals surface area contributed by atoms with Crippen LogP contribution in [0.3, 0.4) is 0 Å². The number of methoxy groups -OCH3 is 5. The lowest BCUT2D eigenvalue weighted by Gasteiger charge is -2.46. The van der Waals surface area contributed by atoms with Gasteiger partial charge in [0, 0.05) is 42.9 Å². The molecule has 2 aliphatic rings. The number of carbonyl (C=O) groups is 2. The molecule has 0 radical (unpaired) electrons. The number of ether oxygens (including phenoxy) is 8.